The first-order chi connectivity index (χ1) is 10.8. The number of amides is 1. The molecule has 4 fully saturated rings. The van der Waals surface area contributed by atoms with Crippen LogP contribution in [0.1, 0.15) is 23.2 Å². The summed E-state index contributed by atoms with van der Waals surface area (Å²) in [6, 6.07) is 8.30. The minimum absolute atomic E-state index is 0.0931. The summed E-state index contributed by atoms with van der Waals surface area (Å²) < 4.78 is 0. The Labute approximate surface area is 129 Å². The number of rotatable bonds is 2. The molecule has 4 nitrogen and oxygen atoms in total. The van der Waals surface area contributed by atoms with Crippen LogP contribution in [0.5, 0.6) is 0 Å². The number of H-pyrrole nitrogens is 1. The highest BCUT2D eigenvalue weighted by Gasteiger charge is 2.47. The molecular formula is C18H21N3O. The predicted octanol–water partition coefficient (Wildman–Crippen LogP) is 2.24. The lowest BCUT2D eigenvalue weighted by Crippen LogP contribution is -2.64. The Morgan fingerprint density at radius 1 is 1.14 bits per heavy atom. The van der Waals surface area contributed by atoms with E-state index < -0.39 is 0 Å². The van der Waals surface area contributed by atoms with E-state index in [1.54, 1.807) is 0 Å². The number of aromatic amines is 1. The number of hydrogen-bond donors (Lipinski definition) is 2. The number of fused-ring (bicyclic) bond motifs is 1. The van der Waals surface area contributed by atoms with Crippen LogP contribution < -0.4 is 5.32 Å². The van der Waals surface area contributed by atoms with Gasteiger partial charge in [0.15, 0.2) is 0 Å². The molecule has 1 aromatic heterocycles. The summed E-state index contributed by atoms with van der Waals surface area (Å²) in [6.45, 7) is 3.64. The van der Waals surface area contributed by atoms with Gasteiger partial charge in [-0.1, -0.05) is 0 Å². The van der Waals surface area contributed by atoms with E-state index >= 15 is 0 Å². The fourth-order valence-corrected chi connectivity index (χ4v) is 5.07. The number of hydrogen-bond acceptors (Lipinski definition) is 2. The van der Waals surface area contributed by atoms with Gasteiger partial charge in [0.05, 0.1) is 0 Å². The van der Waals surface area contributed by atoms with Crippen molar-refractivity contribution in [1.29, 1.82) is 0 Å². The summed E-state index contributed by atoms with van der Waals surface area (Å²) in [5.41, 5.74) is 1.86. The second kappa shape index (κ2) is 4.59. The molecule has 3 unspecified atom stereocenters. The molecule has 4 heterocycles. The van der Waals surface area contributed by atoms with Crippen molar-refractivity contribution in [3.05, 3.63) is 36.0 Å². The summed E-state index contributed by atoms with van der Waals surface area (Å²) in [5.74, 6) is 2.29. The van der Waals surface area contributed by atoms with Gasteiger partial charge in [0.1, 0.15) is 0 Å². The topological polar surface area (TPSA) is 48.1 Å². The summed E-state index contributed by atoms with van der Waals surface area (Å²) in [6.07, 6.45) is 4.52. The summed E-state index contributed by atoms with van der Waals surface area (Å²) in [4.78, 5) is 18.4. The van der Waals surface area contributed by atoms with Gasteiger partial charge in [-0.3, -0.25) is 4.79 Å². The van der Waals surface area contributed by atoms with Gasteiger partial charge in [-0.15, -0.1) is 0 Å². The number of piperidine rings is 3. The van der Waals surface area contributed by atoms with Gasteiger partial charge in [0.2, 0.25) is 0 Å². The van der Waals surface area contributed by atoms with Crippen LogP contribution in [-0.2, 0) is 0 Å². The maximum absolute atomic E-state index is 12.7. The minimum Gasteiger partial charge on any atom is -0.361 e. The van der Waals surface area contributed by atoms with Crippen LogP contribution in [0, 0.1) is 17.8 Å². The number of nitrogens with one attached hydrogen (secondary N) is 2. The number of nitrogens with zero attached hydrogens (tertiary/aromatic N) is 1. The molecule has 114 valence electrons. The Hall–Kier alpha value is -1.81. The quantitative estimate of drug-likeness (QED) is 0.892. The summed E-state index contributed by atoms with van der Waals surface area (Å²) in [5, 5.41) is 4.46. The number of benzene rings is 1. The first-order valence-corrected chi connectivity index (χ1v) is 8.36. The Kier molecular flexibility index (Phi) is 2.65. The molecule has 2 aromatic rings. The lowest BCUT2D eigenvalue weighted by molar-refractivity contribution is -0.0418. The molecule has 4 bridgehead atoms. The minimum atomic E-state index is 0.0931. The normalized spacial score (nSPS) is 35.9. The molecular weight excluding hydrogens is 274 g/mol. The molecule has 1 aromatic carbocycles. The lowest BCUT2D eigenvalue weighted by Gasteiger charge is -2.55. The van der Waals surface area contributed by atoms with Gasteiger partial charge in [0, 0.05) is 48.3 Å². The van der Waals surface area contributed by atoms with Crippen molar-refractivity contribution in [2.24, 2.45) is 17.8 Å². The number of carbonyl (C=O) groups is 1. The van der Waals surface area contributed by atoms with Crippen molar-refractivity contribution in [2.75, 3.05) is 19.6 Å². The average molecular weight is 295 g/mol. The molecule has 0 radical (unpaired) electrons. The number of carbonyl (C=O) groups excluding carboxylic acids is 1. The standard InChI is InChI=1S/C18H21N3O/c22-18(13-1-2-16-12(7-13)3-4-19-16)20-17-14-5-11-6-15(17)10-21(8-11)9-14/h1-4,7,11,14-15,17,19H,5-6,8-10H2,(H,20,22)/t11?,14-,15+,17?. The van der Waals surface area contributed by atoms with Gasteiger partial charge in [-0.2, -0.15) is 0 Å². The molecule has 3 saturated heterocycles. The fraction of sp³-hybridized carbons (Fsp3) is 0.500. The van der Waals surface area contributed by atoms with Crippen molar-refractivity contribution in [3.8, 4) is 0 Å². The van der Waals surface area contributed by atoms with E-state index in [1.807, 2.05) is 30.5 Å². The van der Waals surface area contributed by atoms with Crippen molar-refractivity contribution in [3.63, 3.8) is 0 Å². The van der Waals surface area contributed by atoms with Crippen LogP contribution in [0.25, 0.3) is 10.9 Å². The largest absolute Gasteiger partial charge is 0.361 e. The Bertz CT molecular complexity index is 707. The Morgan fingerprint density at radius 3 is 2.73 bits per heavy atom. The van der Waals surface area contributed by atoms with E-state index in [4.69, 9.17) is 0 Å². The third kappa shape index (κ3) is 1.90. The first-order valence-electron chi connectivity index (χ1n) is 8.36. The molecule has 1 saturated carbocycles. The zero-order valence-corrected chi connectivity index (χ0v) is 12.6. The van der Waals surface area contributed by atoms with Crippen molar-refractivity contribution in [2.45, 2.75) is 18.9 Å². The molecule has 0 spiro atoms. The molecule has 6 rings (SSSR count). The van der Waals surface area contributed by atoms with E-state index in [0.29, 0.717) is 17.9 Å². The van der Waals surface area contributed by atoms with Crippen LogP contribution in [0.15, 0.2) is 30.5 Å². The molecule has 2 N–H and O–H groups in total. The van der Waals surface area contributed by atoms with E-state index in [1.165, 1.54) is 32.5 Å². The lowest BCUT2D eigenvalue weighted by atomic mass is 9.65. The van der Waals surface area contributed by atoms with E-state index in [-0.39, 0.29) is 5.91 Å². The predicted molar refractivity (Wildman–Crippen MR) is 85.7 cm³/mol. The third-order valence-corrected chi connectivity index (χ3v) is 5.90. The highest BCUT2D eigenvalue weighted by atomic mass is 16.1. The van der Waals surface area contributed by atoms with Gasteiger partial charge < -0.3 is 15.2 Å². The first kappa shape index (κ1) is 12.7. The SMILES string of the molecule is O=C(NC1[C@@H]2CC3C[C@H]1CN(C3)C2)c1ccc2[nH]ccc2c1. The van der Waals surface area contributed by atoms with Gasteiger partial charge in [0.25, 0.3) is 5.91 Å². The Balaban J connectivity index is 1.38. The van der Waals surface area contributed by atoms with Crippen molar-refractivity contribution < 1.29 is 4.79 Å². The van der Waals surface area contributed by atoms with Crippen molar-refractivity contribution in [1.82, 2.24) is 15.2 Å². The second-order valence-corrected chi connectivity index (χ2v) is 7.36. The molecule has 4 heteroatoms. The van der Waals surface area contributed by atoms with Gasteiger partial charge in [-0.25, -0.2) is 0 Å². The highest BCUT2D eigenvalue weighted by Crippen LogP contribution is 2.43. The molecule has 5 atom stereocenters. The van der Waals surface area contributed by atoms with Crippen molar-refractivity contribution >= 4 is 16.8 Å². The molecule has 4 aliphatic rings. The number of aromatic nitrogens is 1. The van der Waals surface area contributed by atoms with Crippen LogP contribution in [0.3, 0.4) is 0 Å². The van der Waals surface area contributed by atoms with Crippen LogP contribution in [0.4, 0.5) is 0 Å². The molecule has 3 aliphatic heterocycles. The summed E-state index contributed by atoms with van der Waals surface area (Å²) in [7, 11) is 0. The summed E-state index contributed by atoms with van der Waals surface area (Å²) >= 11 is 0. The fourth-order valence-electron chi connectivity index (χ4n) is 5.07. The van der Waals surface area contributed by atoms with E-state index in [0.717, 1.165) is 22.4 Å². The zero-order chi connectivity index (χ0) is 14.7. The Morgan fingerprint density at radius 2 is 1.95 bits per heavy atom. The maximum atomic E-state index is 12.7. The van der Waals surface area contributed by atoms with Crippen LogP contribution >= 0.6 is 0 Å². The van der Waals surface area contributed by atoms with Crippen LogP contribution in [-0.4, -0.2) is 41.5 Å². The van der Waals surface area contributed by atoms with Crippen LogP contribution in [0.2, 0.25) is 0 Å². The molecule has 1 aliphatic carbocycles. The van der Waals surface area contributed by atoms with E-state index in [9.17, 15) is 4.79 Å². The average Bonchev–Trinajstić information content (AvgIpc) is 2.97. The highest BCUT2D eigenvalue weighted by molar-refractivity contribution is 5.98. The van der Waals surface area contributed by atoms with Gasteiger partial charge in [-0.05, 0) is 54.9 Å². The smallest absolute Gasteiger partial charge is 0.251 e. The second-order valence-electron chi connectivity index (χ2n) is 7.36. The maximum Gasteiger partial charge on any atom is 0.251 e. The third-order valence-electron chi connectivity index (χ3n) is 5.90. The van der Waals surface area contributed by atoms with E-state index in [2.05, 4.69) is 15.2 Å². The molecule has 1 amide bonds. The zero-order valence-electron chi connectivity index (χ0n) is 12.6. The molecule has 22 heavy (non-hydrogen) atoms. The monoisotopic (exact) mass is 295 g/mol. The van der Waals surface area contributed by atoms with Gasteiger partial charge >= 0.3 is 0 Å².